The molecule has 7 nitrogen and oxygen atoms in total. The largest absolute Gasteiger partial charge is 0.507 e. The monoisotopic (exact) mass is 457 g/mol. The van der Waals surface area contributed by atoms with Gasteiger partial charge in [0, 0.05) is 36.9 Å². The lowest BCUT2D eigenvalue weighted by Gasteiger charge is -2.25. The zero-order valence-electron chi connectivity index (χ0n) is 19.4. The van der Waals surface area contributed by atoms with Crippen LogP contribution < -0.4 is 4.74 Å². The van der Waals surface area contributed by atoms with Crippen molar-refractivity contribution in [2.24, 2.45) is 5.92 Å². The lowest BCUT2D eigenvalue weighted by Crippen LogP contribution is -2.29. The molecule has 1 unspecified atom stereocenters. The van der Waals surface area contributed by atoms with Crippen LogP contribution in [0.5, 0.6) is 5.75 Å². The molecule has 1 aromatic carbocycles. The number of benzene rings is 1. The summed E-state index contributed by atoms with van der Waals surface area (Å²) in [6.45, 7) is 6.72. The second kappa shape index (κ2) is 9.87. The van der Waals surface area contributed by atoms with E-state index >= 15 is 0 Å². The first-order chi connectivity index (χ1) is 16.4. The van der Waals surface area contributed by atoms with E-state index in [0.717, 1.165) is 11.1 Å². The van der Waals surface area contributed by atoms with Crippen LogP contribution in [0.3, 0.4) is 0 Å². The molecular formula is C27H27N3O4. The first-order valence-corrected chi connectivity index (χ1v) is 11.2. The number of pyridine rings is 2. The topological polar surface area (TPSA) is 92.6 Å². The first kappa shape index (κ1) is 23.2. The van der Waals surface area contributed by atoms with Crippen LogP contribution in [0.2, 0.25) is 0 Å². The van der Waals surface area contributed by atoms with Gasteiger partial charge in [-0.2, -0.15) is 0 Å². The molecule has 7 heteroatoms. The van der Waals surface area contributed by atoms with E-state index in [-0.39, 0.29) is 17.9 Å². The smallest absolute Gasteiger partial charge is 0.295 e. The molecule has 1 aliphatic rings. The molecule has 34 heavy (non-hydrogen) atoms. The third-order valence-corrected chi connectivity index (χ3v) is 5.65. The van der Waals surface area contributed by atoms with Crippen molar-refractivity contribution in [1.29, 1.82) is 0 Å². The number of aliphatic hydroxyl groups excluding tert-OH is 1. The molecule has 0 saturated carbocycles. The maximum atomic E-state index is 13.2. The minimum Gasteiger partial charge on any atom is -0.507 e. The van der Waals surface area contributed by atoms with E-state index in [2.05, 4.69) is 23.8 Å². The van der Waals surface area contributed by atoms with Gasteiger partial charge in [0.1, 0.15) is 11.5 Å². The number of hydrogen-bond donors (Lipinski definition) is 1. The Labute approximate surface area is 198 Å². The predicted octanol–water partition coefficient (Wildman–Crippen LogP) is 4.44. The van der Waals surface area contributed by atoms with Crippen LogP contribution in [0.4, 0.5) is 0 Å². The van der Waals surface area contributed by atoms with E-state index in [9.17, 15) is 14.7 Å². The number of hydrogen-bond acceptors (Lipinski definition) is 6. The number of nitrogens with zero attached hydrogens (tertiary/aromatic N) is 3. The molecule has 174 valence electrons. The quantitative estimate of drug-likeness (QED) is 0.320. The van der Waals surface area contributed by atoms with E-state index in [4.69, 9.17) is 4.74 Å². The second-order valence-corrected chi connectivity index (χ2v) is 8.76. The van der Waals surface area contributed by atoms with Gasteiger partial charge >= 0.3 is 0 Å². The van der Waals surface area contributed by atoms with Crippen LogP contribution in [-0.4, -0.2) is 38.3 Å². The summed E-state index contributed by atoms with van der Waals surface area (Å²) in [5.41, 5.74) is 2.68. The highest BCUT2D eigenvalue weighted by Gasteiger charge is 2.46. The van der Waals surface area contributed by atoms with Crippen LogP contribution in [0.15, 0.2) is 72.8 Å². The fourth-order valence-electron chi connectivity index (χ4n) is 4.02. The Morgan fingerprint density at radius 3 is 2.44 bits per heavy atom. The number of likely N-dealkylation sites (tertiary alicyclic amines) is 1. The van der Waals surface area contributed by atoms with Gasteiger partial charge in [-0.15, -0.1) is 0 Å². The van der Waals surface area contributed by atoms with E-state index in [1.54, 1.807) is 55.1 Å². The molecule has 1 N–H and O–H groups in total. The number of amides is 1. The van der Waals surface area contributed by atoms with E-state index < -0.39 is 17.7 Å². The van der Waals surface area contributed by atoms with Crippen LogP contribution >= 0.6 is 0 Å². The van der Waals surface area contributed by atoms with Crippen molar-refractivity contribution in [2.45, 2.75) is 33.4 Å². The summed E-state index contributed by atoms with van der Waals surface area (Å²) in [5.74, 6) is -0.551. The van der Waals surface area contributed by atoms with Gasteiger partial charge in [-0.1, -0.05) is 26.0 Å². The molecule has 1 saturated heterocycles. The van der Waals surface area contributed by atoms with Crippen LogP contribution in [0.1, 0.15) is 42.1 Å². The Balaban J connectivity index is 1.78. The zero-order valence-corrected chi connectivity index (χ0v) is 19.4. The molecule has 0 bridgehead atoms. The molecule has 1 amide bonds. The number of Topliss-reactive ketones (excluding diaryl/α,β-unsaturated/α-hetero) is 1. The van der Waals surface area contributed by atoms with Gasteiger partial charge < -0.3 is 14.7 Å². The van der Waals surface area contributed by atoms with Gasteiger partial charge in [-0.05, 0) is 59.9 Å². The molecule has 3 heterocycles. The molecule has 2 aromatic heterocycles. The number of aromatic nitrogens is 2. The lowest BCUT2D eigenvalue weighted by molar-refractivity contribution is -0.140. The Morgan fingerprint density at radius 2 is 1.82 bits per heavy atom. The van der Waals surface area contributed by atoms with E-state index in [1.165, 1.54) is 4.90 Å². The number of carbonyl (C=O) groups excluding carboxylic acids is 2. The fraction of sp³-hybridized carbons (Fsp3) is 0.259. The summed E-state index contributed by atoms with van der Waals surface area (Å²) in [6.07, 6.45) is 6.53. The number of ether oxygens (including phenoxy) is 1. The van der Waals surface area contributed by atoms with Crippen LogP contribution in [0, 0.1) is 12.8 Å². The van der Waals surface area contributed by atoms with Crippen molar-refractivity contribution < 1.29 is 19.4 Å². The number of rotatable bonds is 7. The SMILES string of the molecule is Cc1cc(OCC(C)C)ccc1/C(O)=C1\C(=O)C(=O)N(Cc2cccnc2)C1c1cccnc1. The van der Waals surface area contributed by atoms with Crippen molar-refractivity contribution in [3.05, 3.63) is 95.1 Å². The molecule has 4 rings (SSSR count). The van der Waals surface area contributed by atoms with E-state index in [0.29, 0.717) is 29.4 Å². The zero-order chi connectivity index (χ0) is 24.2. The van der Waals surface area contributed by atoms with E-state index in [1.807, 2.05) is 19.1 Å². The molecule has 3 aromatic rings. The Morgan fingerprint density at radius 1 is 1.09 bits per heavy atom. The van der Waals surface area contributed by atoms with Gasteiger partial charge in [-0.25, -0.2) is 0 Å². The highest BCUT2D eigenvalue weighted by Crippen LogP contribution is 2.40. The van der Waals surface area contributed by atoms with Gasteiger partial charge in [-0.3, -0.25) is 19.6 Å². The maximum Gasteiger partial charge on any atom is 0.295 e. The van der Waals surface area contributed by atoms with Crippen molar-refractivity contribution in [3.8, 4) is 5.75 Å². The normalized spacial score (nSPS) is 17.4. The lowest BCUT2D eigenvalue weighted by atomic mass is 9.94. The summed E-state index contributed by atoms with van der Waals surface area (Å²) in [5, 5.41) is 11.3. The molecule has 1 aliphatic heterocycles. The first-order valence-electron chi connectivity index (χ1n) is 11.2. The average molecular weight is 458 g/mol. The average Bonchev–Trinajstić information content (AvgIpc) is 3.08. The maximum absolute atomic E-state index is 13.2. The number of carbonyl (C=O) groups is 2. The Kier molecular flexibility index (Phi) is 6.72. The van der Waals surface area contributed by atoms with Gasteiger partial charge in [0.15, 0.2) is 0 Å². The minimum atomic E-state index is -0.773. The van der Waals surface area contributed by atoms with Gasteiger partial charge in [0.05, 0.1) is 18.2 Å². The summed E-state index contributed by atoms with van der Waals surface area (Å²) in [4.78, 5) is 36.0. The van der Waals surface area contributed by atoms with Crippen molar-refractivity contribution >= 4 is 17.4 Å². The summed E-state index contributed by atoms with van der Waals surface area (Å²) >= 11 is 0. The highest BCUT2D eigenvalue weighted by atomic mass is 16.5. The predicted molar refractivity (Wildman–Crippen MR) is 128 cm³/mol. The molecule has 0 radical (unpaired) electrons. The molecule has 1 fully saturated rings. The highest BCUT2D eigenvalue weighted by molar-refractivity contribution is 6.46. The standard InChI is InChI=1S/C27H27N3O4/c1-17(2)16-34-21-8-9-22(18(3)12-21)25(31)23-24(20-7-5-11-29-14-20)30(27(33)26(23)32)15-19-6-4-10-28-13-19/h4-14,17,24,31H,15-16H2,1-3H3/b25-23+. The third kappa shape index (κ3) is 4.69. The number of aryl methyl sites for hydroxylation is 1. The minimum absolute atomic E-state index is 0.0424. The molecule has 1 atom stereocenters. The molecule has 0 spiro atoms. The van der Waals surface area contributed by atoms with Crippen molar-refractivity contribution in [2.75, 3.05) is 6.61 Å². The molecular weight excluding hydrogens is 430 g/mol. The Bertz CT molecular complexity index is 1220. The summed E-state index contributed by atoms with van der Waals surface area (Å²) in [7, 11) is 0. The summed E-state index contributed by atoms with van der Waals surface area (Å²) < 4.78 is 5.78. The molecule has 0 aliphatic carbocycles. The fourth-order valence-corrected chi connectivity index (χ4v) is 4.02. The Hall–Kier alpha value is -4.00. The number of ketones is 1. The van der Waals surface area contributed by atoms with Crippen molar-refractivity contribution in [1.82, 2.24) is 14.9 Å². The summed E-state index contributed by atoms with van der Waals surface area (Å²) in [6, 6.07) is 11.7. The second-order valence-electron chi connectivity index (χ2n) is 8.76. The van der Waals surface area contributed by atoms with Gasteiger partial charge in [0.25, 0.3) is 11.7 Å². The van der Waals surface area contributed by atoms with Crippen molar-refractivity contribution in [3.63, 3.8) is 0 Å². The third-order valence-electron chi connectivity index (χ3n) is 5.65. The van der Waals surface area contributed by atoms with Crippen LogP contribution in [0.25, 0.3) is 5.76 Å². The number of aliphatic hydroxyl groups is 1. The van der Waals surface area contributed by atoms with Gasteiger partial charge in [0.2, 0.25) is 0 Å². The van der Waals surface area contributed by atoms with Crippen LogP contribution in [-0.2, 0) is 16.1 Å².